The van der Waals surface area contributed by atoms with Gasteiger partial charge in [-0.15, -0.1) is 10.2 Å². The Labute approximate surface area is 141 Å². The molecule has 1 aliphatic heterocycles. The number of carbonyl (C=O) groups is 1. The molecular formula is C18H23N3O3. The van der Waals surface area contributed by atoms with Crippen molar-refractivity contribution in [2.75, 3.05) is 6.61 Å². The first-order chi connectivity index (χ1) is 11.4. The normalized spacial score (nSPS) is 17.4. The van der Waals surface area contributed by atoms with Gasteiger partial charge in [-0.3, -0.25) is 4.79 Å². The van der Waals surface area contributed by atoms with Crippen molar-refractivity contribution in [3.63, 3.8) is 0 Å². The minimum absolute atomic E-state index is 0.0782. The van der Waals surface area contributed by atoms with E-state index in [1.54, 1.807) is 11.8 Å². The Morgan fingerprint density at radius 1 is 1.29 bits per heavy atom. The third-order valence-corrected chi connectivity index (χ3v) is 4.15. The Morgan fingerprint density at radius 2 is 2.04 bits per heavy atom. The van der Waals surface area contributed by atoms with Crippen molar-refractivity contribution in [1.29, 1.82) is 0 Å². The molecule has 6 heteroatoms. The maximum absolute atomic E-state index is 13.2. The number of hydrogen-bond donors (Lipinski definition) is 0. The number of fused-ring (bicyclic) bond motifs is 1. The predicted octanol–water partition coefficient (Wildman–Crippen LogP) is 2.82. The minimum Gasteiger partial charge on any atom is -0.424 e. The number of hydrogen-bond acceptors (Lipinski definition) is 5. The van der Waals surface area contributed by atoms with Gasteiger partial charge in [-0.2, -0.15) is 0 Å². The molecule has 0 fully saturated rings. The lowest BCUT2D eigenvalue weighted by Gasteiger charge is -2.38. The van der Waals surface area contributed by atoms with E-state index in [0.29, 0.717) is 18.4 Å². The van der Waals surface area contributed by atoms with E-state index in [2.05, 4.69) is 16.3 Å². The molecule has 128 valence electrons. The van der Waals surface area contributed by atoms with Crippen molar-refractivity contribution in [2.24, 2.45) is 0 Å². The molecule has 3 rings (SSSR count). The van der Waals surface area contributed by atoms with Crippen LogP contribution < -0.4 is 0 Å². The Hall–Kier alpha value is -2.21. The summed E-state index contributed by atoms with van der Waals surface area (Å²) in [4.78, 5) is 15.0. The van der Waals surface area contributed by atoms with E-state index in [1.807, 2.05) is 39.0 Å². The minimum atomic E-state index is -0.585. The first-order valence-electron chi connectivity index (χ1n) is 8.16. The number of benzene rings is 1. The highest BCUT2D eigenvalue weighted by molar-refractivity contribution is 5.83. The van der Waals surface area contributed by atoms with Crippen molar-refractivity contribution in [3.8, 4) is 0 Å². The van der Waals surface area contributed by atoms with E-state index in [0.717, 1.165) is 12.0 Å². The Balaban J connectivity index is 1.90. The molecule has 0 aliphatic carbocycles. The summed E-state index contributed by atoms with van der Waals surface area (Å²) in [5, 5.41) is 7.86. The van der Waals surface area contributed by atoms with Gasteiger partial charge in [0, 0.05) is 12.5 Å². The molecule has 0 N–H and O–H groups in total. The number of ether oxygens (including phenoxy) is 1. The summed E-state index contributed by atoms with van der Waals surface area (Å²) in [7, 11) is 0. The standard InChI is InChI=1S/C18H23N3O3/c1-12-19-20-15(24-12)11-21(18(2,3)4)17(22)16-14-8-6-5-7-13(14)9-10-23-16/h5-8,16H,9-11H2,1-4H3/t16-/m1/s1. The Kier molecular flexibility index (Phi) is 4.41. The molecule has 0 bridgehead atoms. The van der Waals surface area contributed by atoms with E-state index in [-0.39, 0.29) is 12.5 Å². The van der Waals surface area contributed by atoms with Crippen LogP contribution in [0.4, 0.5) is 0 Å². The second-order valence-corrected chi connectivity index (χ2v) is 7.01. The molecule has 0 unspecified atom stereocenters. The summed E-state index contributed by atoms with van der Waals surface area (Å²) < 4.78 is 11.3. The number of amides is 1. The van der Waals surface area contributed by atoms with Crippen LogP contribution in [0.1, 0.15) is 49.8 Å². The predicted molar refractivity (Wildman–Crippen MR) is 88.2 cm³/mol. The topological polar surface area (TPSA) is 68.5 Å². The Morgan fingerprint density at radius 3 is 2.71 bits per heavy atom. The van der Waals surface area contributed by atoms with Gasteiger partial charge in [-0.25, -0.2) is 0 Å². The van der Waals surface area contributed by atoms with Crippen LogP contribution >= 0.6 is 0 Å². The van der Waals surface area contributed by atoms with Crippen LogP contribution in [0.25, 0.3) is 0 Å². The molecule has 0 saturated heterocycles. The van der Waals surface area contributed by atoms with E-state index in [4.69, 9.17) is 9.15 Å². The third-order valence-electron chi connectivity index (χ3n) is 4.15. The molecule has 0 saturated carbocycles. The van der Waals surface area contributed by atoms with Gasteiger partial charge in [0.05, 0.1) is 13.2 Å². The molecule has 1 aliphatic rings. The zero-order valence-corrected chi connectivity index (χ0v) is 14.6. The maximum Gasteiger partial charge on any atom is 0.257 e. The largest absolute Gasteiger partial charge is 0.424 e. The first-order valence-corrected chi connectivity index (χ1v) is 8.16. The fourth-order valence-electron chi connectivity index (χ4n) is 2.92. The number of nitrogens with zero attached hydrogens (tertiary/aromatic N) is 3. The van der Waals surface area contributed by atoms with Crippen LogP contribution in [-0.4, -0.2) is 33.2 Å². The van der Waals surface area contributed by atoms with Crippen molar-refractivity contribution in [2.45, 2.75) is 52.3 Å². The second kappa shape index (κ2) is 6.36. The fourth-order valence-corrected chi connectivity index (χ4v) is 2.92. The van der Waals surface area contributed by atoms with Crippen molar-refractivity contribution in [3.05, 3.63) is 47.2 Å². The van der Waals surface area contributed by atoms with Gasteiger partial charge in [-0.1, -0.05) is 24.3 Å². The zero-order valence-electron chi connectivity index (χ0n) is 14.6. The third kappa shape index (κ3) is 3.33. The van der Waals surface area contributed by atoms with Crippen LogP contribution in [0.2, 0.25) is 0 Å². The lowest BCUT2D eigenvalue weighted by molar-refractivity contribution is -0.151. The second-order valence-electron chi connectivity index (χ2n) is 7.01. The molecule has 1 atom stereocenters. The molecule has 0 spiro atoms. The maximum atomic E-state index is 13.2. The molecular weight excluding hydrogens is 306 g/mol. The lowest BCUT2D eigenvalue weighted by Crippen LogP contribution is -2.48. The van der Waals surface area contributed by atoms with E-state index in [1.165, 1.54) is 5.56 Å². The molecule has 1 aromatic carbocycles. The number of rotatable bonds is 3. The molecule has 2 heterocycles. The number of aromatic nitrogens is 2. The number of aryl methyl sites for hydroxylation is 1. The van der Waals surface area contributed by atoms with Crippen LogP contribution in [0.5, 0.6) is 0 Å². The highest BCUT2D eigenvalue weighted by Gasteiger charge is 2.36. The van der Waals surface area contributed by atoms with Crippen LogP contribution in [-0.2, 0) is 22.5 Å². The van der Waals surface area contributed by atoms with Gasteiger partial charge in [0.2, 0.25) is 11.8 Å². The summed E-state index contributed by atoms with van der Waals surface area (Å²) in [6, 6.07) is 7.96. The highest BCUT2D eigenvalue weighted by atomic mass is 16.5. The van der Waals surface area contributed by atoms with Crippen LogP contribution in [0.3, 0.4) is 0 Å². The molecule has 6 nitrogen and oxygen atoms in total. The SMILES string of the molecule is Cc1nnc(CN(C(=O)[C@@H]2OCCc3ccccc32)C(C)(C)C)o1. The lowest BCUT2D eigenvalue weighted by atomic mass is 9.95. The quantitative estimate of drug-likeness (QED) is 0.866. The van der Waals surface area contributed by atoms with Crippen molar-refractivity contribution in [1.82, 2.24) is 15.1 Å². The van der Waals surface area contributed by atoms with Gasteiger partial charge >= 0.3 is 0 Å². The van der Waals surface area contributed by atoms with E-state index < -0.39 is 11.6 Å². The van der Waals surface area contributed by atoms with Gasteiger partial charge in [0.25, 0.3) is 5.91 Å². The zero-order chi connectivity index (χ0) is 17.3. The van der Waals surface area contributed by atoms with Gasteiger partial charge in [-0.05, 0) is 38.3 Å². The van der Waals surface area contributed by atoms with Gasteiger partial charge in [0.1, 0.15) is 0 Å². The summed E-state index contributed by atoms with van der Waals surface area (Å²) in [5.74, 6) is 0.843. The molecule has 24 heavy (non-hydrogen) atoms. The van der Waals surface area contributed by atoms with Gasteiger partial charge in [0.15, 0.2) is 6.10 Å². The summed E-state index contributed by atoms with van der Waals surface area (Å²) in [6.07, 6.45) is 0.247. The smallest absolute Gasteiger partial charge is 0.257 e. The summed E-state index contributed by atoms with van der Waals surface area (Å²) in [5.41, 5.74) is 1.73. The average molecular weight is 329 g/mol. The molecule has 1 aromatic heterocycles. The average Bonchev–Trinajstić information content (AvgIpc) is 2.95. The van der Waals surface area contributed by atoms with Gasteiger partial charge < -0.3 is 14.1 Å². The molecule has 2 aromatic rings. The van der Waals surface area contributed by atoms with Crippen molar-refractivity contribution >= 4 is 5.91 Å². The van der Waals surface area contributed by atoms with Crippen LogP contribution in [0.15, 0.2) is 28.7 Å². The Bertz CT molecular complexity index is 733. The van der Waals surface area contributed by atoms with E-state index >= 15 is 0 Å². The first kappa shape index (κ1) is 16.6. The number of carbonyl (C=O) groups excluding carboxylic acids is 1. The monoisotopic (exact) mass is 329 g/mol. The van der Waals surface area contributed by atoms with E-state index in [9.17, 15) is 4.79 Å². The molecule has 1 amide bonds. The fraction of sp³-hybridized carbons (Fsp3) is 0.500. The summed E-state index contributed by atoms with van der Waals surface area (Å²) >= 11 is 0. The summed E-state index contributed by atoms with van der Waals surface area (Å²) in [6.45, 7) is 8.52. The molecule has 0 radical (unpaired) electrons. The van der Waals surface area contributed by atoms with Crippen LogP contribution in [0, 0.1) is 6.92 Å². The van der Waals surface area contributed by atoms with Crippen molar-refractivity contribution < 1.29 is 13.9 Å². The highest BCUT2D eigenvalue weighted by Crippen LogP contribution is 2.31.